The number of ether oxygens (including phenoxy) is 1. The van der Waals surface area contributed by atoms with Gasteiger partial charge in [0.2, 0.25) is 11.8 Å². The molecule has 3 aromatic carbocycles. The van der Waals surface area contributed by atoms with Gasteiger partial charge in [0.15, 0.2) is 0 Å². The maximum Gasteiger partial charge on any atom is 0.243 e. The number of carbonyl (C=O) groups excluding carboxylic acids is 2. The molecule has 5 heteroatoms. The number of benzene rings is 3. The van der Waals surface area contributed by atoms with Crippen LogP contribution < -0.4 is 10.1 Å². The van der Waals surface area contributed by atoms with Crippen LogP contribution in [0.5, 0.6) is 5.75 Å². The molecule has 0 aromatic heterocycles. The number of methoxy groups -OCH3 is 1. The highest BCUT2D eigenvalue weighted by Gasteiger charge is 2.32. The van der Waals surface area contributed by atoms with Crippen LogP contribution in [0.3, 0.4) is 0 Å². The predicted molar refractivity (Wildman–Crippen MR) is 140 cm³/mol. The van der Waals surface area contributed by atoms with Crippen LogP contribution in [-0.2, 0) is 29.0 Å². The molecule has 3 aromatic rings. The van der Waals surface area contributed by atoms with Crippen molar-refractivity contribution in [2.24, 2.45) is 0 Å². The molecule has 35 heavy (non-hydrogen) atoms. The molecule has 0 aliphatic carbocycles. The third-order valence-electron chi connectivity index (χ3n) is 5.69. The van der Waals surface area contributed by atoms with E-state index < -0.39 is 11.6 Å². The van der Waals surface area contributed by atoms with Crippen molar-refractivity contribution in [1.29, 1.82) is 0 Å². The number of nitrogens with zero attached hydrogens (tertiary/aromatic N) is 1. The van der Waals surface area contributed by atoms with Crippen molar-refractivity contribution in [3.8, 4) is 5.75 Å². The Hall–Kier alpha value is -3.60. The molecular weight excluding hydrogens is 436 g/mol. The minimum atomic E-state index is -0.667. The molecule has 0 bridgehead atoms. The van der Waals surface area contributed by atoms with Crippen LogP contribution in [0.2, 0.25) is 0 Å². The van der Waals surface area contributed by atoms with Gasteiger partial charge in [0.05, 0.1) is 13.5 Å². The Morgan fingerprint density at radius 1 is 0.886 bits per heavy atom. The van der Waals surface area contributed by atoms with Gasteiger partial charge in [-0.25, -0.2) is 0 Å². The number of hydrogen-bond donors (Lipinski definition) is 1. The molecule has 184 valence electrons. The largest absolute Gasteiger partial charge is 0.497 e. The Bertz CT molecular complexity index is 1140. The van der Waals surface area contributed by atoms with E-state index in [2.05, 4.69) is 5.32 Å². The molecule has 0 aliphatic heterocycles. The van der Waals surface area contributed by atoms with Crippen LogP contribution in [0, 0.1) is 6.92 Å². The quantitative estimate of drug-likeness (QED) is 0.471. The van der Waals surface area contributed by atoms with Gasteiger partial charge >= 0.3 is 0 Å². The summed E-state index contributed by atoms with van der Waals surface area (Å²) in [6.07, 6.45) is 0.645. The van der Waals surface area contributed by atoms with Crippen molar-refractivity contribution in [3.05, 3.63) is 101 Å². The van der Waals surface area contributed by atoms with Gasteiger partial charge < -0.3 is 15.0 Å². The van der Waals surface area contributed by atoms with Gasteiger partial charge in [0.1, 0.15) is 11.8 Å². The molecule has 0 spiro atoms. The molecule has 3 rings (SSSR count). The van der Waals surface area contributed by atoms with Crippen LogP contribution >= 0.6 is 0 Å². The van der Waals surface area contributed by atoms with Crippen molar-refractivity contribution in [1.82, 2.24) is 10.2 Å². The lowest BCUT2D eigenvalue weighted by Gasteiger charge is -2.34. The van der Waals surface area contributed by atoms with Crippen molar-refractivity contribution in [2.45, 2.75) is 58.7 Å². The van der Waals surface area contributed by atoms with Gasteiger partial charge in [-0.05, 0) is 56.5 Å². The average molecular weight is 473 g/mol. The van der Waals surface area contributed by atoms with E-state index in [0.717, 1.165) is 22.3 Å². The summed E-state index contributed by atoms with van der Waals surface area (Å²) in [5.41, 5.74) is 3.51. The maximum absolute atomic E-state index is 13.8. The van der Waals surface area contributed by atoms with Crippen LogP contribution in [0.4, 0.5) is 0 Å². The summed E-state index contributed by atoms with van der Waals surface area (Å²) in [5.74, 6) is 0.456. The normalized spacial score (nSPS) is 12.0. The molecule has 2 amide bonds. The standard InChI is InChI=1S/C30H36N2O3/c1-22-11-9-14-24(17-22)20-28(33)32(21-25-15-10-16-26(18-25)35-5)27(29(34)31-30(2,3)4)19-23-12-7-6-8-13-23/h6-18,27H,19-21H2,1-5H3,(H,31,34). The molecular formula is C30H36N2O3. The van der Waals surface area contributed by atoms with Gasteiger partial charge in [-0.1, -0.05) is 72.3 Å². The molecule has 0 saturated carbocycles. The highest BCUT2D eigenvalue weighted by molar-refractivity contribution is 5.89. The van der Waals surface area contributed by atoms with Crippen molar-refractivity contribution < 1.29 is 14.3 Å². The van der Waals surface area contributed by atoms with E-state index in [9.17, 15) is 9.59 Å². The Morgan fingerprint density at radius 2 is 1.54 bits per heavy atom. The summed E-state index contributed by atoms with van der Waals surface area (Å²) in [7, 11) is 1.62. The molecule has 0 radical (unpaired) electrons. The second kappa shape index (κ2) is 11.7. The van der Waals surface area contributed by atoms with Crippen molar-refractivity contribution in [3.63, 3.8) is 0 Å². The van der Waals surface area contributed by atoms with Gasteiger partial charge in [-0.3, -0.25) is 9.59 Å². The van der Waals surface area contributed by atoms with Gasteiger partial charge in [-0.15, -0.1) is 0 Å². The van der Waals surface area contributed by atoms with Crippen LogP contribution in [-0.4, -0.2) is 35.4 Å². The topological polar surface area (TPSA) is 58.6 Å². The lowest BCUT2D eigenvalue weighted by molar-refractivity contribution is -0.141. The third-order valence-corrected chi connectivity index (χ3v) is 5.69. The molecule has 0 heterocycles. The first-order valence-corrected chi connectivity index (χ1v) is 12.0. The predicted octanol–water partition coefficient (Wildman–Crippen LogP) is 5.10. The monoisotopic (exact) mass is 472 g/mol. The maximum atomic E-state index is 13.8. The van der Waals surface area contributed by atoms with E-state index >= 15 is 0 Å². The highest BCUT2D eigenvalue weighted by Crippen LogP contribution is 2.20. The summed E-state index contributed by atoms with van der Waals surface area (Å²) in [4.78, 5) is 29.1. The molecule has 0 aliphatic rings. The van der Waals surface area contributed by atoms with E-state index in [1.807, 2.05) is 107 Å². The fraction of sp³-hybridized carbons (Fsp3) is 0.333. The Balaban J connectivity index is 2.00. The molecule has 0 saturated heterocycles. The molecule has 1 unspecified atom stereocenters. The smallest absolute Gasteiger partial charge is 0.243 e. The minimum Gasteiger partial charge on any atom is -0.497 e. The summed E-state index contributed by atoms with van der Waals surface area (Å²) >= 11 is 0. The zero-order chi connectivity index (χ0) is 25.4. The minimum absolute atomic E-state index is 0.0941. The second-order valence-electron chi connectivity index (χ2n) is 9.98. The van der Waals surface area contributed by atoms with Gasteiger partial charge in [-0.2, -0.15) is 0 Å². The van der Waals surface area contributed by atoms with E-state index in [4.69, 9.17) is 4.74 Å². The number of nitrogens with one attached hydrogen (secondary N) is 1. The third kappa shape index (κ3) is 7.99. The first-order chi connectivity index (χ1) is 16.6. The Kier molecular flexibility index (Phi) is 8.69. The summed E-state index contributed by atoms with van der Waals surface area (Å²) in [6, 6.07) is 24.8. The van der Waals surface area contributed by atoms with Crippen LogP contribution in [0.15, 0.2) is 78.9 Å². The Morgan fingerprint density at radius 3 is 2.20 bits per heavy atom. The number of hydrogen-bond acceptors (Lipinski definition) is 3. The molecule has 1 atom stereocenters. The molecule has 1 N–H and O–H groups in total. The van der Waals surface area contributed by atoms with Gasteiger partial charge in [0, 0.05) is 18.5 Å². The molecule has 0 fully saturated rings. The first kappa shape index (κ1) is 26.0. The second-order valence-corrected chi connectivity index (χ2v) is 9.98. The van der Waals surface area contributed by atoms with Gasteiger partial charge in [0.25, 0.3) is 0 Å². The van der Waals surface area contributed by atoms with Crippen LogP contribution in [0.25, 0.3) is 0 Å². The fourth-order valence-electron chi connectivity index (χ4n) is 4.07. The van der Waals surface area contributed by atoms with E-state index in [0.29, 0.717) is 18.7 Å². The number of carbonyl (C=O) groups is 2. The SMILES string of the molecule is COc1cccc(CN(C(=O)Cc2cccc(C)c2)C(Cc2ccccc2)C(=O)NC(C)(C)C)c1. The zero-order valence-electron chi connectivity index (χ0n) is 21.4. The number of aryl methyl sites for hydroxylation is 1. The summed E-state index contributed by atoms with van der Waals surface area (Å²) < 4.78 is 5.39. The molecule has 5 nitrogen and oxygen atoms in total. The number of rotatable bonds is 9. The highest BCUT2D eigenvalue weighted by atomic mass is 16.5. The first-order valence-electron chi connectivity index (χ1n) is 12.0. The lowest BCUT2D eigenvalue weighted by Crippen LogP contribution is -2.54. The van der Waals surface area contributed by atoms with E-state index in [1.54, 1.807) is 12.0 Å². The van der Waals surface area contributed by atoms with Crippen molar-refractivity contribution >= 4 is 11.8 Å². The summed E-state index contributed by atoms with van der Waals surface area (Å²) in [6.45, 7) is 8.16. The van der Waals surface area contributed by atoms with E-state index in [1.165, 1.54) is 0 Å². The lowest BCUT2D eigenvalue weighted by atomic mass is 9.99. The zero-order valence-corrected chi connectivity index (χ0v) is 21.4. The summed E-state index contributed by atoms with van der Waals surface area (Å²) in [5, 5.41) is 3.10. The Labute approximate surface area is 209 Å². The number of amides is 2. The van der Waals surface area contributed by atoms with E-state index in [-0.39, 0.29) is 18.2 Å². The van der Waals surface area contributed by atoms with Crippen molar-refractivity contribution in [2.75, 3.05) is 7.11 Å². The average Bonchev–Trinajstić information content (AvgIpc) is 2.81. The van der Waals surface area contributed by atoms with Crippen LogP contribution in [0.1, 0.15) is 43.0 Å². The fourth-order valence-corrected chi connectivity index (χ4v) is 4.07.